The van der Waals surface area contributed by atoms with Crippen molar-refractivity contribution in [1.29, 1.82) is 0 Å². The summed E-state index contributed by atoms with van der Waals surface area (Å²) >= 11 is 0.819. The van der Waals surface area contributed by atoms with E-state index < -0.39 is 16.5 Å². The average Bonchev–Trinajstić information content (AvgIpc) is 3.20. The molecule has 2 unspecified atom stereocenters. The third kappa shape index (κ3) is 2.15. The van der Waals surface area contributed by atoms with Crippen molar-refractivity contribution in [1.82, 2.24) is 20.1 Å². The fourth-order valence-corrected chi connectivity index (χ4v) is 4.96. The SMILES string of the molecule is CC1n2c(C3CCNCC3)nnc2C1(C)c1ccc(C(F)(F)F)s1. The molecule has 1 fully saturated rings. The second kappa shape index (κ2) is 5.29. The van der Waals surface area contributed by atoms with Crippen molar-refractivity contribution in [3.63, 3.8) is 0 Å². The zero-order valence-electron chi connectivity index (χ0n) is 13.5. The van der Waals surface area contributed by atoms with Crippen molar-refractivity contribution < 1.29 is 13.2 Å². The van der Waals surface area contributed by atoms with Crippen LogP contribution in [-0.2, 0) is 11.6 Å². The molecule has 0 spiro atoms. The molecule has 4 heterocycles. The lowest BCUT2D eigenvalue weighted by Gasteiger charge is -2.46. The van der Waals surface area contributed by atoms with Gasteiger partial charge in [0.15, 0.2) is 0 Å². The molecule has 0 aromatic carbocycles. The Morgan fingerprint density at radius 1 is 1.25 bits per heavy atom. The Hall–Kier alpha value is -1.41. The van der Waals surface area contributed by atoms with Crippen LogP contribution in [0.3, 0.4) is 0 Å². The molecule has 8 heteroatoms. The van der Waals surface area contributed by atoms with Crippen LogP contribution in [0, 0.1) is 0 Å². The van der Waals surface area contributed by atoms with E-state index in [0.29, 0.717) is 10.8 Å². The van der Waals surface area contributed by atoms with Crippen LogP contribution in [0.4, 0.5) is 13.2 Å². The fourth-order valence-electron chi connectivity index (χ4n) is 3.86. The Balaban J connectivity index is 1.69. The fraction of sp³-hybridized carbons (Fsp3) is 0.625. The minimum atomic E-state index is -4.29. The van der Waals surface area contributed by atoms with E-state index in [1.807, 2.05) is 13.8 Å². The second-order valence-corrected chi connectivity index (χ2v) is 7.90. The molecule has 0 saturated carbocycles. The maximum Gasteiger partial charge on any atom is 0.425 e. The lowest BCUT2D eigenvalue weighted by Crippen LogP contribution is -2.47. The van der Waals surface area contributed by atoms with E-state index in [-0.39, 0.29) is 6.04 Å². The number of hydrogen-bond acceptors (Lipinski definition) is 4. The van der Waals surface area contributed by atoms with Gasteiger partial charge in [0.2, 0.25) is 0 Å². The summed E-state index contributed by atoms with van der Waals surface area (Å²) in [5.41, 5.74) is -0.494. The molecule has 1 N–H and O–H groups in total. The molecule has 2 aromatic rings. The van der Waals surface area contributed by atoms with E-state index in [4.69, 9.17) is 0 Å². The van der Waals surface area contributed by atoms with Gasteiger partial charge in [0.05, 0.1) is 11.5 Å². The summed E-state index contributed by atoms with van der Waals surface area (Å²) in [5, 5.41) is 12.1. The molecule has 2 atom stereocenters. The van der Waals surface area contributed by atoms with Gasteiger partial charge in [-0.2, -0.15) is 13.2 Å². The summed E-state index contributed by atoms with van der Waals surface area (Å²) in [6, 6.07) is 2.82. The van der Waals surface area contributed by atoms with E-state index >= 15 is 0 Å². The molecular formula is C16H19F3N4S. The van der Waals surface area contributed by atoms with Gasteiger partial charge in [-0.05, 0) is 51.9 Å². The monoisotopic (exact) mass is 356 g/mol. The molecule has 2 aliphatic heterocycles. The van der Waals surface area contributed by atoms with Crippen molar-refractivity contribution in [2.75, 3.05) is 13.1 Å². The predicted octanol–water partition coefficient (Wildman–Crippen LogP) is 3.71. The summed E-state index contributed by atoms with van der Waals surface area (Å²) in [6.07, 6.45) is -2.24. The molecule has 130 valence electrons. The van der Waals surface area contributed by atoms with Gasteiger partial charge in [-0.25, -0.2) is 0 Å². The van der Waals surface area contributed by atoms with Crippen LogP contribution in [0.5, 0.6) is 0 Å². The van der Waals surface area contributed by atoms with E-state index in [9.17, 15) is 13.2 Å². The smallest absolute Gasteiger partial charge is 0.317 e. The molecule has 0 amide bonds. The van der Waals surface area contributed by atoms with Gasteiger partial charge in [0, 0.05) is 10.8 Å². The van der Waals surface area contributed by atoms with Gasteiger partial charge in [0.25, 0.3) is 0 Å². The molecule has 2 aromatic heterocycles. The predicted molar refractivity (Wildman–Crippen MR) is 85.4 cm³/mol. The third-order valence-corrected chi connectivity index (χ3v) is 6.88. The van der Waals surface area contributed by atoms with E-state index in [1.165, 1.54) is 6.07 Å². The molecule has 4 nitrogen and oxygen atoms in total. The first-order chi connectivity index (χ1) is 11.3. The number of aromatic nitrogens is 3. The van der Waals surface area contributed by atoms with Crippen molar-refractivity contribution in [3.05, 3.63) is 33.5 Å². The Labute approximate surface area is 142 Å². The van der Waals surface area contributed by atoms with Crippen LogP contribution < -0.4 is 5.32 Å². The lowest BCUT2D eigenvalue weighted by molar-refractivity contribution is -0.134. The summed E-state index contributed by atoms with van der Waals surface area (Å²) in [4.78, 5) is 0.154. The highest BCUT2D eigenvalue weighted by molar-refractivity contribution is 7.12. The molecule has 4 rings (SSSR count). The van der Waals surface area contributed by atoms with Crippen LogP contribution in [0.15, 0.2) is 12.1 Å². The minimum Gasteiger partial charge on any atom is -0.317 e. The van der Waals surface area contributed by atoms with E-state index in [2.05, 4.69) is 20.1 Å². The van der Waals surface area contributed by atoms with E-state index in [0.717, 1.165) is 48.9 Å². The zero-order chi connectivity index (χ0) is 17.1. The van der Waals surface area contributed by atoms with Gasteiger partial charge >= 0.3 is 6.18 Å². The van der Waals surface area contributed by atoms with Gasteiger partial charge in [-0.3, -0.25) is 0 Å². The number of nitrogens with zero attached hydrogens (tertiary/aromatic N) is 3. The molecule has 1 saturated heterocycles. The summed E-state index contributed by atoms with van der Waals surface area (Å²) in [5.74, 6) is 2.16. The zero-order valence-corrected chi connectivity index (χ0v) is 14.3. The molecule has 0 aliphatic carbocycles. The van der Waals surface area contributed by atoms with E-state index in [1.54, 1.807) is 6.07 Å². The molecule has 0 bridgehead atoms. The Morgan fingerprint density at radius 3 is 2.58 bits per heavy atom. The summed E-state index contributed by atoms with van der Waals surface area (Å²) in [6.45, 7) is 5.96. The van der Waals surface area contributed by atoms with Crippen LogP contribution in [-0.4, -0.2) is 27.9 Å². The van der Waals surface area contributed by atoms with Crippen molar-refractivity contribution in [3.8, 4) is 0 Å². The first-order valence-electron chi connectivity index (χ1n) is 8.17. The molecule has 24 heavy (non-hydrogen) atoms. The topological polar surface area (TPSA) is 42.7 Å². The highest BCUT2D eigenvalue weighted by atomic mass is 32.1. The number of halogens is 3. The Kier molecular flexibility index (Phi) is 3.55. The largest absolute Gasteiger partial charge is 0.425 e. The first-order valence-corrected chi connectivity index (χ1v) is 8.98. The maximum atomic E-state index is 12.9. The second-order valence-electron chi connectivity index (χ2n) is 6.82. The van der Waals surface area contributed by atoms with Crippen LogP contribution in [0.25, 0.3) is 0 Å². The molecular weight excluding hydrogens is 337 g/mol. The van der Waals surface area contributed by atoms with Crippen LogP contribution >= 0.6 is 11.3 Å². The van der Waals surface area contributed by atoms with Gasteiger partial charge in [-0.15, -0.1) is 21.5 Å². The Bertz CT molecular complexity index is 760. The number of fused-ring (bicyclic) bond motifs is 1. The number of hydrogen-bond donors (Lipinski definition) is 1. The van der Waals surface area contributed by atoms with Crippen molar-refractivity contribution in [2.45, 2.75) is 50.2 Å². The van der Waals surface area contributed by atoms with Crippen molar-refractivity contribution in [2.24, 2.45) is 0 Å². The normalized spacial score (nSPS) is 27.8. The first kappa shape index (κ1) is 16.1. The quantitative estimate of drug-likeness (QED) is 0.892. The standard InChI is InChI=1S/C16H19F3N4S/c1-9-15(2,11-3-4-12(24-11)16(17,18)19)14-22-21-13(23(9)14)10-5-7-20-8-6-10/h3-4,9-10,20H,5-8H2,1-2H3. The van der Waals surface area contributed by atoms with Crippen molar-refractivity contribution >= 4 is 11.3 Å². The Morgan fingerprint density at radius 2 is 1.96 bits per heavy atom. The van der Waals surface area contributed by atoms with Crippen LogP contribution in [0.1, 0.15) is 60.1 Å². The molecule has 2 aliphatic rings. The van der Waals surface area contributed by atoms with Gasteiger partial charge in [-0.1, -0.05) is 0 Å². The number of thiophene rings is 1. The number of piperidine rings is 1. The van der Waals surface area contributed by atoms with Gasteiger partial charge in [0.1, 0.15) is 16.5 Å². The summed E-state index contributed by atoms with van der Waals surface area (Å²) in [7, 11) is 0. The number of nitrogens with one attached hydrogen (secondary N) is 1. The summed E-state index contributed by atoms with van der Waals surface area (Å²) < 4.78 is 40.9. The number of alkyl halides is 3. The third-order valence-electron chi connectivity index (χ3n) is 5.51. The highest BCUT2D eigenvalue weighted by Crippen LogP contribution is 2.53. The van der Waals surface area contributed by atoms with Crippen LogP contribution in [0.2, 0.25) is 0 Å². The van der Waals surface area contributed by atoms with Gasteiger partial charge < -0.3 is 9.88 Å². The number of rotatable bonds is 2. The maximum absolute atomic E-state index is 12.9. The minimum absolute atomic E-state index is 0.0621. The highest BCUT2D eigenvalue weighted by Gasteiger charge is 2.53. The molecule has 0 radical (unpaired) electrons. The lowest BCUT2D eigenvalue weighted by atomic mass is 9.74. The average molecular weight is 356 g/mol.